The number of hydrogen-bond donors (Lipinski definition) is 1. The Morgan fingerprint density at radius 3 is 2.64 bits per heavy atom. The average molecular weight is 451 g/mol. The number of benzene rings is 1. The van der Waals surface area contributed by atoms with Crippen molar-refractivity contribution in [1.29, 1.82) is 0 Å². The predicted molar refractivity (Wildman–Crippen MR) is 118 cm³/mol. The lowest BCUT2D eigenvalue weighted by atomic mass is 9.93. The summed E-state index contributed by atoms with van der Waals surface area (Å²) in [6.07, 6.45) is 0.327. The Balaban J connectivity index is 1.75. The van der Waals surface area contributed by atoms with Gasteiger partial charge in [-0.2, -0.15) is 18.3 Å². The Morgan fingerprint density at radius 2 is 1.94 bits per heavy atom. The molecule has 33 heavy (non-hydrogen) atoms. The van der Waals surface area contributed by atoms with Gasteiger partial charge in [-0.1, -0.05) is 18.7 Å². The van der Waals surface area contributed by atoms with Gasteiger partial charge in [-0.05, 0) is 42.8 Å². The highest BCUT2D eigenvalue weighted by atomic mass is 19.4. The van der Waals surface area contributed by atoms with Crippen LogP contribution in [0.2, 0.25) is 0 Å². The molecule has 0 radical (unpaired) electrons. The summed E-state index contributed by atoms with van der Waals surface area (Å²) < 4.78 is 41.2. The van der Waals surface area contributed by atoms with Crippen LogP contribution in [0.5, 0.6) is 0 Å². The minimum absolute atomic E-state index is 0.182. The first-order valence-corrected chi connectivity index (χ1v) is 10.4. The van der Waals surface area contributed by atoms with E-state index in [1.807, 2.05) is 23.7 Å². The van der Waals surface area contributed by atoms with Gasteiger partial charge in [-0.15, -0.1) is 0 Å². The molecule has 1 aliphatic heterocycles. The van der Waals surface area contributed by atoms with Crippen LogP contribution in [0.3, 0.4) is 0 Å². The molecular formula is C24H20F3N5O. The van der Waals surface area contributed by atoms with E-state index >= 15 is 0 Å². The number of nitrogens with one attached hydrogen (secondary N) is 1. The first-order valence-electron chi connectivity index (χ1n) is 10.4. The van der Waals surface area contributed by atoms with Gasteiger partial charge in [0, 0.05) is 35.5 Å². The van der Waals surface area contributed by atoms with E-state index in [4.69, 9.17) is 5.10 Å². The maximum absolute atomic E-state index is 13.1. The molecule has 5 rings (SSSR count). The van der Waals surface area contributed by atoms with Gasteiger partial charge >= 0.3 is 6.18 Å². The molecule has 1 unspecified atom stereocenters. The Hall–Kier alpha value is -3.88. The fourth-order valence-electron chi connectivity index (χ4n) is 4.50. The SMILES string of the molecule is C=CC(=O)N1CCn2nc(-c3ccc(C(F)(F)F)cc3)c(-c3ccnc4[nH]ccc34)c2C1C. The van der Waals surface area contributed by atoms with Crippen molar-refractivity contribution in [2.45, 2.75) is 25.7 Å². The number of amides is 1. The molecule has 9 heteroatoms. The predicted octanol–water partition coefficient (Wildman–Crippen LogP) is 5.20. The normalized spacial score (nSPS) is 16.1. The molecule has 0 spiro atoms. The number of aromatic amines is 1. The van der Waals surface area contributed by atoms with Gasteiger partial charge in [0.25, 0.3) is 0 Å². The molecule has 1 aromatic carbocycles. The quantitative estimate of drug-likeness (QED) is 0.436. The molecule has 0 bridgehead atoms. The summed E-state index contributed by atoms with van der Waals surface area (Å²) in [7, 11) is 0. The maximum atomic E-state index is 13.1. The van der Waals surface area contributed by atoms with Crippen LogP contribution in [-0.2, 0) is 17.5 Å². The molecule has 1 aliphatic rings. The average Bonchev–Trinajstić information content (AvgIpc) is 3.43. The van der Waals surface area contributed by atoms with Crippen molar-refractivity contribution in [1.82, 2.24) is 24.6 Å². The van der Waals surface area contributed by atoms with Crippen molar-refractivity contribution >= 4 is 16.9 Å². The highest BCUT2D eigenvalue weighted by Crippen LogP contribution is 2.43. The third kappa shape index (κ3) is 3.40. The molecule has 1 atom stereocenters. The molecule has 4 heterocycles. The van der Waals surface area contributed by atoms with Gasteiger partial charge in [0.2, 0.25) is 5.91 Å². The molecule has 0 aliphatic carbocycles. The number of rotatable bonds is 3. The molecule has 0 saturated carbocycles. The lowest BCUT2D eigenvalue weighted by Gasteiger charge is -2.34. The topological polar surface area (TPSA) is 66.8 Å². The van der Waals surface area contributed by atoms with Crippen molar-refractivity contribution in [3.8, 4) is 22.4 Å². The Kier molecular flexibility index (Phi) is 4.84. The fraction of sp³-hybridized carbons (Fsp3) is 0.208. The Labute approximate surface area is 187 Å². The molecular weight excluding hydrogens is 431 g/mol. The summed E-state index contributed by atoms with van der Waals surface area (Å²) in [5.41, 5.74) is 3.53. The van der Waals surface area contributed by atoms with E-state index in [0.29, 0.717) is 30.0 Å². The number of nitrogens with zero attached hydrogens (tertiary/aromatic N) is 4. The Bertz CT molecular complexity index is 1370. The number of carbonyl (C=O) groups excluding carboxylic acids is 1. The molecule has 0 saturated heterocycles. The van der Waals surface area contributed by atoms with Crippen LogP contribution in [-0.4, -0.2) is 37.1 Å². The summed E-state index contributed by atoms with van der Waals surface area (Å²) in [6, 6.07) is 8.46. The lowest BCUT2D eigenvalue weighted by molar-refractivity contribution is -0.137. The fourth-order valence-corrected chi connectivity index (χ4v) is 4.50. The minimum atomic E-state index is -4.42. The molecule has 1 N–H and O–H groups in total. The standard InChI is InChI=1S/C24H20F3N5O/c1-3-19(33)31-12-13-32-22(14(31)2)20(17-8-10-28-23-18(17)9-11-29-23)21(30-32)15-4-6-16(7-5-15)24(25,26)27/h3-11,14H,1,12-13H2,2H3,(H,28,29). The van der Waals surface area contributed by atoms with Crippen molar-refractivity contribution in [3.63, 3.8) is 0 Å². The third-order valence-corrected chi connectivity index (χ3v) is 6.08. The number of alkyl halides is 3. The summed E-state index contributed by atoms with van der Waals surface area (Å²) in [6.45, 7) is 6.45. The molecule has 4 aromatic rings. The van der Waals surface area contributed by atoms with E-state index in [1.165, 1.54) is 18.2 Å². The van der Waals surface area contributed by atoms with Gasteiger partial charge in [0.1, 0.15) is 11.3 Å². The lowest BCUT2D eigenvalue weighted by Crippen LogP contribution is -2.40. The monoisotopic (exact) mass is 451 g/mol. The van der Waals surface area contributed by atoms with Crippen LogP contribution >= 0.6 is 0 Å². The number of H-pyrrole nitrogens is 1. The second-order valence-electron chi connectivity index (χ2n) is 7.92. The van der Waals surface area contributed by atoms with E-state index in [1.54, 1.807) is 17.3 Å². The Morgan fingerprint density at radius 1 is 1.18 bits per heavy atom. The maximum Gasteiger partial charge on any atom is 0.416 e. The van der Waals surface area contributed by atoms with Gasteiger partial charge in [-0.3, -0.25) is 9.48 Å². The van der Waals surface area contributed by atoms with Crippen LogP contribution in [0.25, 0.3) is 33.4 Å². The van der Waals surface area contributed by atoms with Crippen LogP contribution in [0.1, 0.15) is 24.2 Å². The zero-order valence-corrected chi connectivity index (χ0v) is 17.7. The number of halogens is 3. The van der Waals surface area contributed by atoms with Crippen molar-refractivity contribution < 1.29 is 18.0 Å². The third-order valence-electron chi connectivity index (χ3n) is 6.08. The van der Waals surface area contributed by atoms with Gasteiger partial charge < -0.3 is 9.88 Å². The highest BCUT2D eigenvalue weighted by Gasteiger charge is 2.34. The number of carbonyl (C=O) groups is 1. The van der Waals surface area contributed by atoms with E-state index in [-0.39, 0.29) is 11.9 Å². The largest absolute Gasteiger partial charge is 0.416 e. The minimum Gasteiger partial charge on any atom is -0.346 e. The van der Waals surface area contributed by atoms with E-state index in [2.05, 4.69) is 16.5 Å². The molecule has 1 amide bonds. The van der Waals surface area contributed by atoms with Crippen LogP contribution < -0.4 is 0 Å². The number of hydrogen-bond acceptors (Lipinski definition) is 3. The highest BCUT2D eigenvalue weighted by molar-refractivity contribution is 5.98. The summed E-state index contributed by atoms with van der Waals surface area (Å²) in [4.78, 5) is 21.6. The van der Waals surface area contributed by atoms with E-state index in [0.717, 1.165) is 34.3 Å². The molecule has 3 aromatic heterocycles. The van der Waals surface area contributed by atoms with Crippen molar-refractivity contribution in [2.75, 3.05) is 6.54 Å². The molecule has 168 valence electrons. The summed E-state index contributed by atoms with van der Waals surface area (Å²) in [5.74, 6) is -0.182. The van der Waals surface area contributed by atoms with Gasteiger partial charge in [0.15, 0.2) is 0 Å². The number of aromatic nitrogens is 4. The first kappa shape index (κ1) is 21.0. The zero-order valence-electron chi connectivity index (χ0n) is 17.7. The van der Waals surface area contributed by atoms with Crippen molar-refractivity contribution in [3.05, 3.63) is 72.7 Å². The second-order valence-corrected chi connectivity index (χ2v) is 7.92. The van der Waals surface area contributed by atoms with Gasteiger partial charge in [0.05, 0.1) is 23.8 Å². The number of fused-ring (bicyclic) bond motifs is 2. The van der Waals surface area contributed by atoms with Gasteiger partial charge in [-0.25, -0.2) is 4.98 Å². The second kappa shape index (κ2) is 7.61. The smallest absolute Gasteiger partial charge is 0.346 e. The van der Waals surface area contributed by atoms with E-state index < -0.39 is 11.7 Å². The van der Waals surface area contributed by atoms with E-state index in [9.17, 15) is 18.0 Å². The molecule has 0 fully saturated rings. The van der Waals surface area contributed by atoms with Crippen LogP contribution in [0.4, 0.5) is 13.2 Å². The van der Waals surface area contributed by atoms with Crippen LogP contribution in [0, 0.1) is 0 Å². The molecule has 6 nitrogen and oxygen atoms in total. The summed E-state index contributed by atoms with van der Waals surface area (Å²) >= 11 is 0. The first-order chi connectivity index (χ1) is 15.8. The van der Waals surface area contributed by atoms with Crippen LogP contribution in [0.15, 0.2) is 61.4 Å². The summed E-state index contributed by atoms with van der Waals surface area (Å²) in [5, 5.41) is 5.65. The zero-order chi connectivity index (χ0) is 23.3. The van der Waals surface area contributed by atoms with Crippen molar-refractivity contribution in [2.24, 2.45) is 0 Å². The number of pyridine rings is 1.